The van der Waals surface area contributed by atoms with E-state index in [0.29, 0.717) is 6.17 Å². The fourth-order valence-corrected chi connectivity index (χ4v) is 3.19. The Kier molecular flexibility index (Phi) is 6.97. The third kappa shape index (κ3) is 5.70. The van der Waals surface area contributed by atoms with Crippen LogP contribution in [0.2, 0.25) is 0 Å². The molecule has 0 bridgehead atoms. The van der Waals surface area contributed by atoms with Crippen LogP contribution in [-0.2, 0) is 20.0 Å². The Morgan fingerprint density at radius 2 is 1.33 bits per heavy atom. The van der Waals surface area contributed by atoms with E-state index in [-0.39, 0.29) is 0 Å². The molecule has 0 aromatic carbocycles. The number of nitrogens with zero attached hydrogens (tertiary/aromatic N) is 2. The van der Waals surface area contributed by atoms with Gasteiger partial charge in [0, 0.05) is 26.0 Å². The summed E-state index contributed by atoms with van der Waals surface area (Å²) >= 11 is 0. The van der Waals surface area contributed by atoms with E-state index in [2.05, 4.69) is 43.1 Å². The lowest BCUT2D eigenvalue weighted by Crippen LogP contribution is -2.45. The highest BCUT2D eigenvalue weighted by atomic mass is 32.3. The predicted molar refractivity (Wildman–Crippen MR) is 71.8 cm³/mol. The van der Waals surface area contributed by atoms with Crippen molar-refractivity contribution in [3.63, 3.8) is 0 Å². The first-order chi connectivity index (χ1) is 10.5. The van der Waals surface area contributed by atoms with Crippen LogP contribution in [0, 0.1) is 0 Å². The van der Waals surface area contributed by atoms with Crippen LogP contribution >= 0.6 is 0 Å². The van der Waals surface area contributed by atoms with E-state index in [9.17, 15) is 43.2 Å². The van der Waals surface area contributed by atoms with E-state index in [1.54, 1.807) is 0 Å². The second kappa shape index (κ2) is 7.35. The van der Waals surface area contributed by atoms with Crippen molar-refractivity contribution in [1.82, 2.24) is 13.9 Å². The fraction of sp³-hybridized carbons (Fsp3) is 0.778. The first-order valence-electron chi connectivity index (χ1n) is 6.03. The number of halogens is 6. The van der Waals surface area contributed by atoms with Gasteiger partial charge in [0.2, 0.25) is 0 Å². The molecular weight excluding hydrogens is 392 g/mol. The van der Waals surface area contributed by atoms with Gasteiger partial charge in [-0.25, -0.2) is 16.8 Å². The molecule has 0 saturated carbocycles. The lowest BCUT2D eigenvalue weighted by molar-refractivity contribution is -0.0476. The van der Waals surface area contributed by atoms with Crippen molar-refractivity contribution < 1.29 is 43.2 Å². The summed E-state index contributed by atoms with van der Waals surface area (Å²) < 4.78 is 108. The van der Waals surface area contributed by atoms with Crippen LogP contribution in [0.3, 0.4) is 0 Å². The Labute approximate surface area is 135 Å². The first kappa shape index (κ1) is 22.8. The molecule has 0 amide bonds. The SMILES string of the molecule is CCN1C=CN(C)C1C.O=S(=O)(NS(=O)(=O)C(F)(F)F)C(F)(F)F. The molecule has 0 aliphatic carbocycles. The van der Waals surface area contributed by atoms with Crippen molar-refractivity contribution in [3.8, 4) is 0 Å². The van der Waals surface area contributed by atoms with Crippen LogP contribution < -0.4 is 4.13 Å². The Bertz CT molecular complexity index is 614. The number of hydrogen-bond donors (Lipinski definition) is 1. The molecule has 1 rings (SSSR count). The summed E-state index contributed by atoms with van der Waals surface area (Å²) in [5, 5.41) is 0. The third-order valence-corrected chi connectivity index (χ3v) is 5.73. The Hall–Kier alpha value is -1.22. The molecule has 7 nitrogen and oxygen atoms in total. The van der Waals surface area contributed by atoms with Crippen molar-refractivity contribution in [1.29, 1.82) is 0 Å². The lowest BCUT2D eigenvalue weighted by atomic mass is 10.5. The molecule has 1 aliphatic rings. The van der Waals surface area contributed by atoms with Crippen molar-refractivity contribution in [2.75, 3.05) is 13.6 Å². The van der Waals surface area contributed by atoms with Crippen LogP contribution in [0.1, 0.15) is 13.8 Å². The number of alkyl halides is 6. The van der Waals surface area contributed by atoms with E-state index < -0.39 is 35.2 Å². The van der Waals surface area contributed by atoms with E-state index in [4.69, 9.17) is 0 Å². The average Bonchev–Trinajstić information content (AvgIpc) is 2.66. The second-order valence-corrected chi connectivity index (χ2v) is 8.01. The van der Waals surface area contributed by atoms with E-state index in [0.717, 1.165) is 6.54 Å². The van der Waals surface area contributed by atoms with Crippen LogP contribution in [0.5, 0.6) is 0 Å². The van der Waals surface area contributed by atoms with Crippen molar-refractivity contribution >= 4 is 20.0 Å². The van der Waals surface area contributed by atoms with Crippen LogP contribution in [-0.4, -0.2) is 57.4 Å². The quantitative estimate of drug-likeness (QED) is 0.711. The van der Waals surface area contributed by atoms with Gasteiger partial charge in [0.15, 0.2) is 0 Å². The van der Waals surface area contributed by atoms with Gasteiger partial charge >= 0.3 is 31.1 Å². The number of sulfonamides is 2. The highest BCUT2D eigenvalue weighted by Gasteiger charge is 2.55. The molecule has 0 fully saturated rings. The molecule has 15 heteroatoms. The van der Waals surface area contributed by atoms with Gasteiger partial charge in [-0.15, -0.1) is 0 Å². The molecule has 0 radical (unpaired) electrons. The first-order valence-corrected chi connectivity index (χ1v) is 9.00. The molecule has 0 saturated heterocycles. The number of hydrogen-bond acceptors (Lipinski definition) is 6. The van der Waals surface area contributed by atoms with Crippen LogP contribution in [0.25, 0.3) is 0 Å². The van der Waals surface area contributed by atoms with Crippen LogP contribution in [0.4, 0.5) is 26.3 Å². The minimum absolute atomic E-state index is 0.493. The molecule has 1 aliphatic heterocycles. The lowest BCUT2D eigenvalue weighted by Gasteiger charge is -2.25. The highest BCUT2D eigenvalue weighted by Crippen LogP contribution is 2.27. The zero-order chi connectivity index (χ0) is 19.6. The van der Waals surface area contributed by atoms with Gasteiger partial charge in [-0.1, -0.05) is 4.13 Å². The summed E-state index contributed by atoms with van der Waals surface area (Å²) in [6, 6.07) is 0. The summed E-state index contributed by atoms with van der Waals surface area (Å²) in [5.74, 6) is 0. The maximum atomic E-state index is 11.5. The van der Waals surface area contributed by atoms with Gasteiger partial charge in [0.25, 0.3) is 0 Å². The monoisotopic (exact) mass is 407 g/mol. The van der Waals surface area contributed by atoms with Gasteiger partial charge in [0.05, 0.1) is 6.17 Å². The van der Waals surface area contributed by atoms with Crippen molar-refractivity contribution in [2.24, 2.45) is 0 Å². The van der Waals surface area contributed by atoms with Gasteiger partial charge in [-0.3, -0.25) is 0 Å². The third-order valence-electron chi connectivity index (χ3n) is 2.76. The molecule has 1 N–H and O–H groups in total. The molecule has 1 heterocycles. The van der Waals surface area contributed by atoms with E-state index in [1.165, 1.54) is 0 Å². The molecule has 0 aromatic heterocycles. The molecule has 1 atom stereocenters. The van der Waals surface area contributed by atoms with Gasteiger partial charge in [0.1, 0.15) is 0 Å². The summed E-state index contributed by atoms with van der Waals surface area (Å²) in [6.45, 7) is 5.46. The number of rotatable bonds is 3. The van der Waals surface area contributed by atoms with E-state index in [1.807, 2.05) is 0 Å². The Morgan fingerprint density at radius 1 is 0.958 bits per heavy atom. The maximum absolute atomic E-state index is 11.5. The largest absolute Gasteiger partial charge is 0.512 e. The summed E-state index contributed by atoms with van der Waals surface area (Å²) in [4.78, 5) is 4.49. The van der Waals surface area contributed by atoms with Crippen molar-refractivity contribution in [2.45, 2.75) is 31.0 Å². The van der Waals surface area contributed by atoms with E-state index >= 15 is 0 Å². The minimum atomic E-state index is -6.60. The molecule has 1 unspecified atom stereocenters. The average molecular weight is 407 g/mol. The normalized spacial score (nSPS) is 19.3. The molecule has 0 aromatic rings. The molecule has 0 spiro atoms. The zero-order valence-corrected chi connectivity index (χ0v) is 14.2. The smallest absolute Gasteiger partial charge is 0.359 e. The molecule has 144 valence electrons. The van der Waals surface area contributed by atoms with Crippen LogP contribution in [0.15, 0.2) is 12.4 Å². The predicted octanol–water partition coefficient (Wildman–Crippen LogP) is 1.35. The summed E-state index contributed by atoms with van der Waals surface area (Å²) in [7, 11) is -11.1. The van der Waals surface area contributed by atoms with Gasteiger partial charge in [-0.05, 0) is 13.8 Å². The van der Waals surface area contributed by atoms with Gasteiger partial charge in [-0.2, -0.15) is 26.3 Å². The second-order valence-electron chi connectivity index (χ2n) is 4.41. The zero-order valence-electron chi connectivity index (χ0n) is 12.6. The summed E-state index contributed by atoms with van der Waals surface area (Å²) in [6.07, 6.45) is 4.79. The molecule has 24 heavy (non-hydrogen) atoms. The highest BCUT2D eigenvalue weighted by molar-refractivity contribution is 8.05. The Morgan fingerprint density at radius 3 is 1.50 bits per heavy atom. The fourth-order valence-electron chi connectivity index (χ4n) is 1.28. The minimum Gasteiger partial charge on any atom is -0.359 e. The Balaban J connectivity index is 0.000000496. The van der Waals surface area contributed by atoms with Gasteiger partial charge < -0.3 is 9.80 Å². The molecular formula is C9H15F6N3O4S2. The van der Waals surface area contributed by atoms with Crippen molar-refractivity contribution in [3.05, 3.63) is 12.4 Å². The summed E-state index contributed by atoms with van der Waals surface area (Å²) in [5.41, 5.74) is -12.3. The topological polar surface area (TPSA) is 86.8 Å². The number of nitrogens with one attached hydrogen (secondary N) is 1. The maximum Gasteiger partial charge on any atom is 0.512 e. The standard InChI is InChI=1S/C7H14N2.C2HF6NO4S2/c1-4-9-6-5-8(3)7(9)2;3-1(4,5)14(10,11)9-15(12,13)2(6,7)8/h5-7H,4H2,1-3H3;9H.